The number of fused-ring (bicyclic) bond motifs is 1. The summed E-state index contributed by atoms with van der Waals surface area (Å²) in [5, 5.41) is 4.41. The van der Waals surface area contributed by atoms with Gasteiger partial charge in [0.15, 0.2) is 0 Å². The molecule has 78 valence electrons. The maximum atomic E-state index is 13.5. The highest BCUT2D eigenvalue weighted by Crippen LogP contribution is 2.18. The van der Waals surface area contributed by atoms with Gasteiger partial charge in [0, 0.05) is 13.2 Å². The summed E-state index contributed by atoms with van der Waals surface area (Å²) in [5.74, 6) is -1.04. The summed E-state index contributed by atoms with van der Waals surface area (Å²) in [4.78, 5) is 11.2. The third kappa shape index (κ3) is 1.56. The molecule has 4 nitrogen and oxygen atoms in total. The molecule has 1 aromatic carbocycles. The molecule has 5 heteroatoms. The van der Waals surface area contributed by atoms with Crippen LogP contribution in [0.5, 0.6) is 0 Å². The fraction of sp³-hybridized carbons (Fsp3) is 0.200. The monoisotopic (exact) mass is 208 g/mol. The van der Waals surface area contributed by atoms with Crippen molar-refractivity contribution in [2.75, 3.05) is 7.11 Å². The maximum Gasteiger partial charge on any atom is 0.338 e. The van der Waals surface area contributed by atoms with Gasteiger partial charge in [-0.05, 0) is 12.1 Å². The lowest BCUT2D eigenvalue weighted by Crippen LogP contribution is -2.01. The predicted octanol–water partition coefficient (Wildman–Crippen LogP) is 1.50. The van der Waals surface area contributed by atoms with Gasteiger partial charge in [0.1, 0.15) is 5.82 Å². The molecule has 0 N–H and O–H groups in total. The zero-order valence-corrected chi connectivity index (χ0v) is 8.32. The molecule has 2 rings (SSSR count). The second-order valence-electron chi connectivity index (χ2n) is 3.19. The number of hydrogen-bond acceptors (Lipinski definition) is 3. The summed E-state index contributed by atoms with van der Waals surface area (Å²) < 4.78 is 19.5. The van der Waals surface area contributed by atoms with Gasteiger partial charge in [-0.25, -0.2) is 9.18 Å². The van der Waals surface area contributed by atoms with Crippen molar-refractivity contribution in [2.45, 2.75) is 0 Å². The number of esters is 1. The van der Waals surface area contributed by atoms with E-state index in [0.717, 1.165) is 6.07 Å². The van der Waals surface area contributed by atoms with E-state index in [2.05, 4.69) is 9.84 Å². The van der Waals surface area contributed by atoms with Crippen molar-refractivity contribution >= 4 is 16.9 Å². The Labute approximate surface area is 85.3 Å². The van der Waals surface area contributed by atoms with Crippen LogP contribution in [-0.4, -0.2) is 22.9 Å². The molecular weight excluding hydrogens is 199 g/mol. The Morgan fingerprint density at radius 2 is 2.27 bits per heavy atom. The van der Waals surface area contributed by atoms with Gasteiger partial charge in [-0.3, -0.25) is 4.68 Å². The molecule has 0 unspecified atom stereocenters. The smallest absolute Gasteiger partial charge is 0.338 e. The van der Waals surface area contributed by atoms with Crippen LogP contribution in [0.25, 0.3) is 10.9 Å². The van der Waals surface area contributed by atoms with Crippen molar-refractivity contribution in [2.24, 2.45) is 7.05 Å². The summed E-state index contributed by atoms with van der Waals surface area (Å²) in [6, 6.07) is 2.65. The number of hydrogen-bond donors (Lipinski definition) is 0. The van der Waals surface area contributed by atoms with Crippen LogP contribution in [0, 0.1) is 5.82 Å². The number of carbonyl (C=O) groups is 1. The van der Waals surface area contributed by atoms with Gasteiger partial charge in [-0.15, -0.1) is 0 Å². The number of benzene rings is 1. The number of nitrogens with zero attached hydrogens (tertiary/aromatic N) is 2. The molecule has 0 saturated heterocycles. The predicted molar refractivity (Wildman–Crippen MR) is 52.0 cm³/mol. The number of methoxy groups -OCH3 is 1. The molecule has 2 aromatic rings. The van der Waals surface area contributed by atoms with Crippen LogP contribution in [0.15, 0.2) is 18.3 Å². The quantitative estimate of drug-likeness (QED) is 0.667. The van der Waals surface area contributed by atoms with Gasteiger partial charge in [0.05, 0.1) is 23.6 Å². The Morgan fingerprint density at radius 1 is 1.53 bits per heavy atom. The molecule has 0 bridgehead atoms. The minimum Gasteiger partial charge on any atom is -0.465 e. The van der Waals surface area contributed by atoms with E-state index in [1.54, 1.807) is 13.2 Å². The van der Waals surface area contributed by atoms with E-state index in [1.807, 2.05) is 0 Å². The molecule has 0 amide bonds. The zero-order valence-electron chi connectivity index (χ0n) is 8.32. The summed E-state index contributed by atoms with van der Waals surface area (Å²) in [6.07, 6.45) is 1.56. The number of aromatic nitrogens is 2. The third-order valence-corrected chi connectivity index (χ3v) is 2.11. The van der Waals surface area contributed by atoms with E-state index < -0.39 is 11.8 Å². The van der Waals surface area contributed by atoms with Crippen LogP contribution in [-0.2, 0) is 11.8 Å². The van der Waals surface area contributed by atoms with Crippen LogP contribution in [0.4, 0.5) is 4.39 Å². The van der Waals surface area contributed by atoms with Gasteiger partial charge in [-0.1, -0.05) is 0 Å². The van der Waals surface area contributed by atoms with E-state index in [-0.39, 0.29) is 5.56 Å². The Morgan fingerprint density at radius 3 is 2.93 bits per heavy atom. The number of aryl methyl sites for hydroxylation is 1. The number of halogens is 1. The number of ether oxygens (including phenoxy) is 1. The standard InChI is InChI=1S/C10H9FN2O2/c1-13-5-7-8(11)3-6(10(14)15-2)4-9(7)12-13/h3-5H,1-2H3. The van der Waals surface area contributed by atoms with Crippen molar-refractivity contribution < 1.29 is 13.9 Å². The zero-order chi connectivity index (χ0) is 11.0. The third-order valence-electron chi connectivity index (χ3n) is 2.11. The molecule has 0 radical (unpaired) electrons. The van der Waals surface area contributed by atoms with Crippen molar-refractivity contribution in [3.8, 4) is 0 Å². The van der Waals surface area contributed by atoms with E-state index in [0.29, 0.717) is 10.9 Å². The Balaban J connectivity index is 2.66. The van der Waals surface area contributed by atoms with Crippen LogP contribution >= 0.6 is 0 Å². The van der Waals surface area contributed by atoms with Gasteiger partial charge >= 0.3 is 5.97 Å². The molecular formula is C10H9FN2O2. The van der Waals surface area contributed by atoms with E-state index in [4.69, 9.17) is 0 Å². The lowest BCUT2D eigenvalue weighted by molar-refractivity contribution is 0.0600. The summed E-state index contributed by atoms with van der Waals surface area (Å²) in [7, 11) is 2.94. The van der Waals surface area contributed by atoms with Crippen molar-refractivity contribution in [3.05, 3.63) is 29.7 Å². The van der Waals surface area contributed by atoms with Crippen LogP contribution in [0.3, 0.4) is 0 Å². The van der Waals surface area contributed by atoms with Crippen LogP contribution in [0.2, 0.25) is 0 Å². The summed E-state index contributed by atoms with van der Waals surface area (Å²) >= 11 is 0. The Bertz CT molecular complexity index is 533. The molecule has 1 heterocycles. The Kier molecular flexibility index (Phi) is 2.15. The van der Waals surface area contributed by atoms with E-state index in [9.17, 15) is 9.18 Å². The fourth-order valence-electron chi connectivity index (χ4n) is 1.44. The van der Waals surface area contributed by atoms with E-state index >= 15 is 0 Å². The van der Waals surface area contributed by atoms with Crippen molar-refractivity contribution in [3.63, 3.8) is 0 Å². The molecule has 0 atom stereocenters. The lowest BCUT2D eigenvalue weighted by Gasteiger charge is -1.99. The normalized spacial score (nSPS) is 10.6. The average molecular weight is 208 g/mol. The second kappa shape index (κ2) is 3.34. The van der Waals surface area contributed by atoms with Crippen LogP contribution in [0.1, 0.15) is 10.4 Å². The van der Waals surface area contributed by atoms with Crippen molar-refractivity contribution in [1.82, 2.24) is 9.78 Å². The van der Waals surface area contributed by atoms with Crippen LogP contribution < -0.4 is 0 Å². The molecule has 0 fully saturated rings. The van der Waals surface area contributed by atoms with E-state index in [1.165, 1.54) is 17.9 Å². The minimum atomic E-state index is -0.568. The number of rotatable bonds is 1. The largest absolute Gasteiger partial charge is 0.465 e. The molecule has 15 heavy (non-hydrogen) atoms. The first kappa shape index (κ1) is 9.64. The first-order chi connectivity index (χ1) is 7.11. The van der Waals surface area contributed by atoms with Gasteiger partial charge in [0.25, 0.3) is 0 Å². The Hall–Kier alpha value is -1.91. The SMILES string of the molecule is COC(=O)c1cc(F)c2cn(C)nc2c1. The van der Waals surface area contributed by atoms with Gasteiger partial charge < -0.3 is 4.74 Å². The van der Waals surface area contributed by atoms with Crippen molar-refractivity contribution in [1.29, 1.82) is 0 Å². The second-order valence-corrected chi connectivity index (χ2v) is 3.19. The molecule has 1 aromatic heterocycles. The topological polar surface area (TPSA) is 44.1 Å². The average Bonchev–Trinajstić information content (AvgIpc) is 2.58. The minimum absolute atomic E-state index is 0.168. The summed E-state index contributed by atoms with van der Waals surface area (Å²) in [5.41, 5.74) is 0.610. The fourth-order valence-corrected chi connectivity index (χ4v) is 1.44. The molecule has 0 spiro atoms. The highest BCUT2D eigenvalue weighted by molar-refractivity contribution is 5.94. The maximum absolute atomic E-state index is 13.5. The van der Waals surface area contributed by atoms with Gasteiger partial charge in [0.2, 0.25) is 0 Å². The first-order valence-electron chi connectivity index (χ1n) is 4.33. The highest BCUT2D eigenvalue weighted by Gasteiger charge is 2.12. The lowest BCUT2D eigenvalue weighted by atomic mass is 10.1. The highest BCUT2D eigenvalue weighted by atomic mass is 19.1. The number of carbonyl (C=O) groups excluding carboxylic acids is 1. The molecule has 0 aliphatic rings. The van der Waals surface area contributed by atoms with Gasteiger partial charge in [-0.2, -0.15) is 5.10 Å². The molecule has 0 aliphatic heterocycles. The summed E-state index contributed by atoms with van der Waals surface area (Å²) in [6.45, 7) is 0. The molecule has 0 aliphatic carbocycles. The first-order valence-corrected chi connectivity index (χ1v) is 4.33. The molecule has 0 saturated carbocycles.